The number of fused-ring (bicyclic) bond motifs is 1. The Morgan fingerprint density at radius 3 is 2.62 bits per heavy atom. The van der Waals surface area contributed by atoms with Gasteiger partial charge in [-0.2, -0.15) is 0 Å². The van der Waals surface area contributed by atoms with E-state index in [1.807, 2.05) is 30.3 Å². The van der Waals surface area contributed by atoms with Crippen molar-refractivity contribution in [1.29, 1.82) is 0 Å². The van der Waals surface area contributed by atoms with Crippen molar-refractivity contribution in [3.05, 3.63) is 119 Å². The number of allylic oxidation sites excluding steroid dienone is 1. The quantitative estimate of drug-likeness (QED) is 0.218. The minimum atomic E-state index is -0.696. The van der Waals surface area contributed by atoms with Gasteiger partial charge in [-0.3, -0.25) is 19.5 Å². The summed E-state index contributed by atoms with van der Waals surface area (Å²) in [6.45, 7) is 3.65. The van der Waals surface area contributed by atoms with Gasteiger partial charge < -0.3 is 9.15 Å². The van der Waals surface area contributed by atoms with E-state index in [1.54, 1.807) is 50.3 Å². The van der Waals surface area contributed by atoms with Gasteiger partial charge in [-0.05, 0) is 37.6 Å². The number of benzene rings is 2. The highest BCUT2D eigenvalue weighted by Crippen LogP contribution is 2.32. The summed E-state index contributed by atoms with van der Waals surface area (Å²) in [5.74, 6) is 0.150. The molecule has 0 amide bonds. The molecule has 0 fully saturated rings. The van der Waals surface area contributed by atoms with Crippen LogP contribution in [0.5, 0.6) is 0 Å². The molecule has 0 saturated carbocycles. The van der Waals surface area contributed by atoms with E-state index in [2.05, 4.69) is 4.99 Å². The first-order valence-electron chi connectivity index (χ1n) is 11.5. The van der Waals surface area contributed by atoms with Gasteiger partial charge in [-0.1, -0.05) is 53.8 Å². The first-order valence-corrected chi connectivity index (χ1v) is 12.3. The second-order valence-electron chi connectivity index (χ2n) is 8.19. The number of esters is 1. The summed E-state index contributed by atoms with van der Waals surface area (Å²) in [5, 5.41) is 11.4. The van der Waals surface area contributed by atoms with Crippen LogP contribution in [0.4, 0.5) is 5.69 Å². The van der Waals surface area contributed by atoms with Crippen molar-refractivity contribution in [3.8, 4) is 11.3 Å². The average Bonchev–Trinajstić information content (AvgIpc) is 3.48. The fourth-order valence-corrected chi connectivity index (χ4v) is 5.31. The lowest BCUT2D eigenvalue weighted by Crippen LogP contribution is -2.39. The molecular formula is C27H21N3O6S. The second kappa shape index (κ2) is 9.82. The fourth-order valence-electron chi connectivity index (χ4n) is 4.29. The number of hydrogen-bond acceptors (Lipinski definition) is 8. The Bertz CT molecular complexity index is 1730. The lowest BCUT2D eigenvalue weighted by atomic mass is 9.96. The van der Waals surface area contributed by atoms with Crippen LogP contribution in [-0.2, 0) is 9.53 Å². The molecule has 3 heterocycles. The zero-order valence-corrected chi connectivity index (χ0v) is 20.7. The second-order valence-corrected chi connectivity index (χ2v) is 9.20. The Morgan fingerprint density at radius 2 is 1.89 bits per heavy atom. The van der Waals surface area contributed by atoms with Gasteiger partial charge in [0.05, 0.1) is 38.9 Å². The highest BCUT2D eigenvalue weighted by molar-refractivity contribution is 7.07. The third-order valence-corrected chi connectivity index (χ3v) is 6.88. The van der Waals surface area contributed by atoms with E-state index in [4.69, 9.17) is 9.15 Å². The molecule has 0 N–H and O–H groups in total. The zero-order chi connectivity index (χ0) is 26.1. The van der Waals surface area contributed by atoms with Crippen molar-refractivity contribution < 1.29 is 18.9 Å². The van der Waals surface area contributed by atoms with Gasteiger partial charge in [0, 0.05) is 12.1 Å². The minimum absolute atomic E-state index is 0.0763. The Morgan fingerprint density at radius 1 is 1.16 bits per heavy atom. The number of nitro benzene ring substituents is 1. The molecule has 0 radical (unpaired) electrons. The standard InChI is InChI=1S/C27H21N3O6S/c1-3-35-26(32)23-16(2)28-27-29(24(23)17-9-5-4-6-10-17)25(31)22(37-27)15-18-13-14-21(36-18)19-11-7-8-12-20(19)30(33)34/h4-15,24H,3H2,1-2H3/b22-15-/t24-/m1/s1. The maximum atomic E-state index is 13.6. The molecule has 10 heteroatoms. The van der Waals surface area contributed by atoms with Crippen molar-refractivity contribution >= 4 is 29.1 Å². The van der Waals surface area contributed by atoms with E-state index in [0.29, 0.717) is 37.7 Å². The summed E-state index contributed by atoms with van der Waals surface area (Å²) in [7, 11) is 0. The van der Waals surface area contributed by atoms with Gasteiger partial charge in [0.1, 0.15) is 11.5 Å². The molecule has 2 aromatic carbocycles. The van der Waals surface area contributed by atoms with Crippen LogP contribution in [0, 0.1) is 10.1 Å². The van der Waals surface area contributed by atoms with Crippen LogP contribution >= 0.6 is 11.3 Å². The highest BCUT2D eigenvalue weighted by atomic mass is 32.1. The molecule has 5 rings (SSSR count). The molecule has 0 unspecified atom stereocenters. The third kappa shape index (κ3) is 4.43. The van der Waals surface area contributed by atoms with E-state index in [-0.39, 0.29) is 17.9 Å². The number of para-hydroxylation sites is 1. The summed E-state index contributed by atoms with van der Waals surface area (Å²) in [6.07, 6.45) is 1.58. The molecule has 9 nitrogen and oxygen atoms in total. The van der Waals surface area contributed by atoms with E-state index in [0.717, 1.165) is 5.56 Å². The number of nitro groups is 1. The molecule has 0 saturated heterocycles. The van der Waals surface area contributed by atoms with Crippen LogP contribution in [0.2, 0.25) is 0 Å². The summed E-state index contributed by atoms with van der Waals surface area (Å²) in [6, 6.07) is 18.1. The number of rotatable bonds is 6. The van der Waals surface area contributed by atoms with Crippen LogP contribution in [0.3, 0.4) is 0 Å². The van der Waals surface area contributed by atoms with Crippen molar-refractivity contribution in [2.45, 2.75) is 19.9 Å². The first-order chi connectivity index (χ1) is 17.9. The van der Waals surface area contributed by atoms with E-state index < -0.39 is 16.9 Å². The number of aromatic nitrogens is 1. The lowest BCUT2D eigenvalue weighted by Gasteiger charge is -2.24. The summed E-state index contributed by atoms with van der Waals surface area (Å²) >= 11 is 1.17. The largest absolute Gasteiger partial charge is 0.463 e. The van der Waals surface area contributed by atoms with Gasteiger partial charge in [-0.15, -0.1) is 0 Å². The summed E-state index contributed by atoms with van der Waals surface area (Å²) in [5.41, 5.74) is 1.47. The van der Waals surface area contributed by atoms with Crippen LogP contribution in [0.25, 0.3) is 17.4 Å². The number of carbonyl (C=O) groups is 1. The number of carbonyl (C=O) groups excluding carboxylic acids is 1. The molecule has 1 aliphatic rings. The van der Waals surface area contributed by atoms with Gasteiger partial charge in [0.25, 0.3) is 11.2 Å². The number of hydrogen-bond donors (Lipinski definition) is 0. The van der Waals surface area contributed by atoms with E-state index in [1.165, 1.54) is 22.0 Å². The number of furan rings is 1. The topological polar surface area (TPSA) is 117 Å². The first kappa shape index (κ1) is 24.1. The molecule has 0 spiro atoms. The molecule has 1 atom stereocenters. The monoisotopic (exact) mass is 515 g/mol. The van der Waals surface area contributed by atoms with Crippen LogP contribution in [0.15, 0.2) is 92.2 Å². The molecule has 1 aliphatic heterocycles. The summed E-state index contributed by atoms with van der Waals surface area (Å²) < 4.78 is 13.0. The van der Waals surface area contributed by atoms with Gasteiger partial charge in [0.15, 0.2) is 4.80 Å². The minimum Gasteiger partial charge on any atom is -0.463 e. The normalized spacial score (nSPS) is 15.3. The number of nitrogens with zero attached hydrogens (tertiary/aromatic N) is 3. The van der Waals surface area contributed by atoms with Gasteiger partial charge >= 0.3 is 5.97 Å². The SMILES string of the molecule is CCOC(=O)C1=C(C)N=c2s/c(=C\c3ccc(-c4ccccc4[N+](=O)[O-])o3)c(=O)n2[C@@H]1c1ccccc1. The highest BCUT2D eigenvalue weighted by Gasteiger charge is 2.33. The molecule has 2 aromatic heterocycles. The molecule has 0 aliphatic carbocycles. The van der Waals surface area contributed by atoms with Crippen molar-refractivity contribution in [1.82, 2.24) is 4.57 Å². The van der Waals surface area contributed by atoms with Gasteiger partial charge in [0.2, 0.25) is 0 Å². The van der Waals surface area contributed by atoms with Crippen molar-refractivity contribution in [2.24, 2.45) is 4.99 Å². The van der Waals surface area contributed by atoms with Gasteiger partial charge in [-0.25, -0.2) is 9.79 Å². The fraction of sp³-hybridized carbons (Fsp3) is 0.148. The lowest BCUT2D eigenvalue weighted by molar-refractivity contribution is -0.384. The van der Waals surface area contributed by atoms with Crippen LogP contribution < -0.4 is 14.9 Å². The Balaban J connectivity index is 1.63. The Hall–Kier alpha value is -4.57. The predicted octanol–water partition coefficient (Wildman–Crippen LogP) is 3.97. The maximum absolute atomic E-state index is 13.6. The van der Waals surface area contributed by atoms with Crippen LogP contribution in [0.1, 0.15) is 31.2 Å². The van der Waals surface area contributed by atoms with Crippen LogP contribution in [-0.4, -0.2) is 22.1 Å². The van der Waals surface area contributed by atoms with Crippen molar-refractivity contribution in [2.75, 3.05) is 6.61 Å². The third-order valence-electron chi connectivity index (χ3n) is 5.90. The molecule has 4 aromatic rings. The number of thiazole rings is 1. The molecule has 0 bridgehead atoms. The smallest absolute Gasteiger partial charge is 0.338 e. The van der Waals surface area contributed by atoms with Crippen molar-refractivity contribution in [3.63, 3.8) is 0 Å². The molecule has 37 heavy (non-hydrogen) atoms. The van der Waals surface area contributed by atoms with E-state index >= 15 is 0 Å². The molecule has 186 valence electrons. The Labute approximate surface area is 214 Å². The number of ether oxygens (including phenoxy) is 1. The average molecular weight is 516 g/mol. The Kier molecular flexibility index (Phi) is 6.41. The van der Waals surface area contributed by atoms with E-state index in [9.17, 15) is 19.7 Å². The molecular weight excluding hydrogens is 494 g/mol. The summed E-state index contributed by atoms with van der Waals surface area (Å²) in [4.78, 5) is 42.5. The zero-order valence-electron chi connectivity index (χ0n) is 19.9. The predicted molar refractivity (Wildman–Crippen MR) is 138 cm³/mol. The maximum Gasteiger partial charge on any atom is 0.338 e.